The number of aromatic carboxylic acids is 1. The summed E-state index contributed by atoms with van der Waals surface area (Å²) in [6.45, 7) is 0. The van der Waals surface area contributed by atoms with Crippen LogP contribution in [0.3, 0.4) is 0 Å². The van der Waals surface area contributed by atoms with Gasteiger partial charge in [0, 0.05) is 12.1 Å². The highest BCUT2D eigenvalue weighted by atomic mass is 19.1. The van der Waals surface area contributed by atoms with Gasteiger partial charge in [0.1, 0.15) is 17.3 Å². The van der Waals surface area contributed by atoms with E-state index in [1.165, 1.54) is 36.5 Å². The fraction of sp³-hybridized carbons (Fsp3) is 0.0526. The van der Waals surface area contributed by atoms with E-state index in [9.17, 15) is 13.6 Å². The number of carboxylic acid groups (broad SMARTS) is 1. The van der Waals surface area contributed by atoms with Gasteiger partial charge in [0.2, 0.25) is 0 Å². The molecule has 0 atom stereocenters. The first kappa shape index (κ1) is 15.8. The van der Waals surface area contributed by atoms with Gasteiger partial charge in [-0.3, -0.25) is 0 Å². The van der Waals surface area contributed by atoms with E-state index in [-0.39, 0.29) is 23.2 Å². The van der Waals surface area contributed by atoms with Crippen LogP contribution in [0.4, 0.5) is 8.78 Å². The molecule has 0 aliphatic rings. The van der Waals surface area contributed by atoms with Crippen molar-refractivity contribution in [2.24, 2.45) is 0 Å². The molecule has 0 saturated heterocycles. The molecule has 3 rings (SSSR count). The molecule has 0 aliphatic heterocycles. The minimum Gasteiger partial charge on any atom is -0.477 e. The fourth-order valence-corrected chi connectivity index (χ4v) is 2.59. The van der Waals surface area contributed by atoms with Crippen LogP contribution >= 0.6 is 0 Å². The summed E-state index contributed by atoms with van der Waals surface area (Å²) in [6, 6.07) is 15.1. The van der Waals surface area contributed by atoms with Gasteiger partial charge in [0.25, 0.3) is 0 Å². The number of aromatic nitrogens is 1. The standard InChI is InChI=1S/C19H13F2NO2/c20-15-6-1-12(2-7-15)18(13-3-8-16(21)9-4-13)14-5-10-17(19(23)24)22-11-14/h1-11,18H,(H,23,24). The molecule has 5 heteroatoms. The van der Waals surface area contributed by atoms with Gasteiger partial charge in [-0.2, -0.15) is 0 Å². The number of carbonyl (C=O) groups is 1. The zero-order valence-electron chi connectivity index (χ0n) is 12.5. The van der Waals surface area contributed by atoms with E-state index < -0.39 is 5.97 Å². The minimum absolute atomic E-state index is 0.0595. The predicted molar refractivity (Wildman–Crippen MR) is 84.9 cm³/mol. The molecular formula is C19H13F2NO2. The molecule has 0 aliphatic carbocycles. The Bertz CT molecular complexity index is 799. The van der Waals surface area contributed by atoms with Crippen LogP contribution in [0.15, 0.2) is 66.9 Å². The van der Waals surface area contributed by atoms with Gasteiger partial charge in [0.05, 0.1) is 0 Å². The number of rotatable bonds is 4. The summed E-state index contributed by atoms with van der Waals surface area (Å²) >= 11 is 0. The molecule has 3 aromatic rings. The summed E-state index contributed by atoms with van der Waals surface area (Å²) < 4.78 is 26.4. The Morgan fingerprint density at radius 1 is 0.792 bits per heavy atom. The maximum Gasteiger partial charge on any atom is 0.354 e. The van der Waals surface area contributed by atoms with Crippen LogP contribution in [0.2, 0.25) is 0 Å². The summed E-state index contributed by atoms with van der Waals surface area (Å²) in [5.41, 5.74) is 2.27. The Labute approximate surface area is 137 Å². The minimum atomic E-state index is -1.11. The maximum absolute atomic E-state index is 13.2. The van der Waals surface area contributed by atoms with Gasteiger partial charge in [-0.15, -0.1) is 0 Å². The lowest BCUT2D eigenvalue weighted by atomic mass is 9.86. The van der Waals surface area contributed by atoms with Crippen LogP contribution in [0.25, 0.3) is 0 Å². The van der Waals surface area contributed by atoms with Crippen molar-refractivity contribution in [2.45, 2.75) is 5.92 Å². The normalized spacial score (nSPS) is 10.8. The third kappa shape index (κ3) is 3.30. The van der Waals surface area contributed by atoms with E-state index in [0.717, 1.165) is 16.7 Å². The average molecular weight is 325 g/mol. The molecule has 1 N–H and O–H groups in total. The second-order valence-corrected chi connectivity index (χ2v) is 5.32. The molecule has 0 saturated carbocycles. The number of carboxylic acids is 1. The van der Waals surface area contributed by atoms with Crippen LogP contribution in [0, 0.1) is 11.6 Å². The molecule has 0 amide bonds. The zero-order chi connectivity index (χ0) is 17.1. The third-order valence-electron chi connectivity index (χ3n) is 3.75. The van der Waals surface area contributed by atoms with Crippen LogP contribution in [-0.4, -0.2) is 16.1 Å². The molecular weight excluding hydrogens is 312 g/mol. The lowest BCUT2D eigenvalue weighted by Crippen LogP contribution is -2.06. The fourth-order valence-electron chi connectivity index (χ4n) is 2.59. The van der Waals surface area contributed by atoms with Crippen molar-refractivity contribution in [3.63, 3.8) is 0 Å². The van der Waals surface area contributed by atoms with Gasteiger partial charge in [-0.1, -0.05) is 30.3 Å². The summed E-state index contributed by atoms with van der Waals surface area (Å²) in [5, 5.41) is 8.96. The van der Waals surface area contributed by atoms with Gasteiger partial charge in [-0.05, 0) is 47.0 Å². The van der Waals surface area contributed by atoms with Gasteiger partial charge >= 0.3 is 5.97 Å². The first-order valence-electron chi connectivity index (χ1n) is 7.25. The Hall–Kier alpha value is -3.08. The lowest BCUT2D eigenvalue weighted by Gasteiger charge is -2.18. The Morgan fingerprint density at radius 3 is 1.62 bits per heavy atom. The highest BCUT2D eigenvalue weighted by molar-refractivity contribution is 5.85. The summed E-state index contributed by atoms with van der Waals surface area (Å²) in [4.78, 5) is 14.9. The summed E-state index contributed by atoms with van der Waals surface area (Å²) in [7, 11) is 0. The number of halogens is 2. The largest absolute Gasteiger partial charge is 0.477 e. The molecule has 0 spiro atoms. The highest BCUT2D eigenvalue weighted by Crippen LogP contribution is 2.31. The Kier molecular flexibility index (Phi) is 4.33. The number of nitrogens with zero attached hydrogens (tertiary/aromatic N) is 1. The molecule has 2 aromatic carbocycles. The van der Waals surface area contributed by atoms with E-state index >= 15 is 0 Å². The SMILES string of the molecule is O=C(O)c1ccc(C(c2ccc(F)cc2)c2ccc(F)cc2)cn1. The quantitative estimate of drug-likeness (QED) is 0.780. The first-order valence-corrected chi connectivity index (χ1v) is 7.25. The monoisotopic (exact) mass is 325 g/mol. The molecule has 3 nitrogen and oxygen atoms in total. The van der Waals surface area contributed by atoms with E-state index in [0.29, 0.717) is 0 Å². The van der Waals surface area contributed by atoms with Crippen molar-refractivity contribution in [3.05, 3.63) is 101 Å². The Morgan fingerprint density at radius 2 is 1.25 bits per heavy atom. The van der Waals surface area contributed by atoms with Crippen LogP contribution in [0.1, 0.15) is 33.1 Å². The first-order chi connectivity index (χ1) is 11.5. The van der Waals surface area contributed by atoms with Crippen LogP contribution < -0.4 is 0 Å². The smallest absolute Gasteiger partial charge is 0.354 e. The number of pyridine rings is 1. The topological polar surface area (TPSA) is 50.2 Å². The van der Waals surface area contributed by atoms with Gasteiger partial charge < -0.3 is 5.11 Å². The van der Waals surface area contributed by atoms with Crippen molar-refractivity contribution in [3.8, 4) is 0 Å². The molecule has 0 unspecified atom stereocenters. The molecule has 0 fully saturated rings. The summed E-state index contributed by atoms with van der Waals surface area (Å²) in [5.74, 6) is -2.12. The maximum atomic E-state index is 13.2. The zero-order valence-corrected chi connectivity index (χ0v) is 12.5. The molecule has 1 heterocycles. The van der Waals surface area contributed by atoms with Crippen molar-refractivity contribution >= 4 is 5.97 Å². The van der Waals surface area contributed by atoms with E-state index in [1.54, 1.807) is 30.3 Å². The lowest BCUT2D eigenvalue weighted by molar-refractivity contribution is 0.0690. The van der Waals surface area contributed by atoms with Crippen LogP contribution in [-0.2, 0) is 0 Å². The third-order valence-corrected chi connectivity index (χ3v) is 3.75. The number of hydrogen-bond acceptors (Lipinski definition) is 2. The molecule has 0 radical (unpaired) electrons. The highest BCUT2D eigenvalue weighted by Gasteiger charge is 2.18. The average Bonchev–Trinajstić information content (AvgIpc) is 2.59. The molecule has 1 aromatic heterocycles. The predicted octanol–water partition coefficient (Wildman–Crippen LogP) is 4.24. The number of benzene rings is 2. The van der Waals surface area contributed by atoms with Gasteiger partial charge in [-0.25, -0.2) is 18.6 Å². The molecule has 0 bridgehead atoms. The molecule has 24 heavy (non-hydrogen) atoms. The van der Waals surface area contributed by atoms with Crippen LogP contribution in [0.5, 0.6) is 0 Å². The van der Waals surface area contributed by atoms with Crippen molar-refractivity contribution in [1.82, 2.24) is 4.98 Å². The summed E-state index contributed by atoms with van der Waals surface area (Å²) in [6.07, 6.45) is 1.47. The second-order valence-electron chi connectivity index (χ2n) is 5.32. The van der Waals surface area contributed by atoms with Crippen molar-refractivity contribution in [2.75, 3.05) is 0 Å². The molecule has 120 valence electrons. The number of hydrogen-bond donors (Lipinski definition) is 1. The van der Waals surface area contributed by atoms with E-state index in [1.807, 2.05) is 0 Å². The second kappa shape index (κ2) is 6.58. The van der Waals surface area contributed by atoms with E-state index in [4.69, 9.17) is 5.11 Å². The van der Waals surface area contributed by atoms with Crippen molar-refractivity contribution < 1.29 is 18.7 Å². The van der Waals surface area contributed by atoms with E-state index in [2.05, 4.69) is 4.98 Å². The van der Waals surface area contributed by atoms with Gasteiger partial charge in [0.15, 0.2) is 0 Å². The Balaban J connectivity index is 2.08. The van der Waals surface area contributed by atoms with Crippen molar-refractivity contribution in [1.29, 1.82) is 0 Å².